The minimum Gasteiger partial charge on any atom is -0.494 e. The smallest absolute Gasteiger partial charge is 0.315 e. The van der Waals surface area contributed by atoms with Crippen molar-refractivity contribution in [3.63, 3.8) is 0 Å². The number of nitrogens with one attached hydrogen (secondary N) is 2. The molecule has 1 saturated carbocycles. The van der Waals surface area contributed by atoms with Crippen molar-refractivity contribution in [2.75, 3.05) is 13.2 Å². The Hall–Kier alpha value is -1.75. The fourth-order valence-electron chi connectivity index (χ4n) is 3.35. The molecule has 3 N–H and O–H groups in total. The molecule has 1 aliphatic carbocycles. The number of urea groups is 1. The molecule has 0 aliphatic heterocycles. The van der Waals surface area contributed by atoms with Gasteiger partial charge < -0.3 is 20.5 Å². The maximum absolute atomic E-state index is 12.3. The van der Waals surface area contributed by atoms with Crippen molar-refractivity contribution < 1.29 is 14.6 Å². The second-order valence-corrected chi connectivity index (χ2v) is 6.47. The summed E-state index contributed by atoms with van der Waals surface area (Å²) < 4.78 is 5.67. The van der Waals surface area contributed by atoms with Crippen LogP contribution in [0.25, 0.3) is 0 Å². The Morgan fingerprint density at radius 2 is 2.12 bits per heavy atom. The molecule has 2 rings (SSSR count). The van der Waals surface area contributed by atoms with Crippen molar-refractivity contribution in [2.24, 2.45) is 5.92 Å². The van der Waals surface area contributed by atoms with E-state index in [0.29, 0.717) is 19.1 Å². The van der Waals surface area contributed by atoms with E-state index in [4.69, 9.17) is 4.74 Å². The van der Waals surface area contributed by atoms with Crippen LogP contribution in [0.2, 0.25) is 0 Å². The average Bonchev–Trinajstić information content (AvgIpc) is 2.59. The Kier molecular flexibility index (Phi) is 7.37. The molecule has 0 bridgehead atoms. The number of benzene rings is 1. The molecular formula is C19H30N2O3. The van der Waals surface area contributed by atoms with Gasteiger partial charge in [-0.15, -0.1) is 0 Å². The fourth-order valence-corrected chi connectivity index (χ4v) is 3.35. The number of carbonyl (C=O) groups excluding carboxylic acids is 1. The van der Waals surface area contributed by atoms with E-state index in [0.717, 1.165) is 43.4 Å². The molecule has 0 spiro atoms. The first-order valence-corrected chi connectivity index (χ1v) is 9.08. The number of carbonyl (C=O) groups is 1. The van der Waals surface area contributed by atoms with E-state index in [9.17, 15) is 9.90 Å². The van der Waals surface area contributed by atoms with Gasteiger partial charge in [0.1, 0.15) is 5.75 Å². The van der Waals surface area contributed by atoms with E-state index in [1.807, 2.05) is 38.1 Å². The molecule has 1 fully saturated rings. The number of rotatable bonds is 7. The normalized spacial score (nSPS) is 21.8. The zero-order chi connectivity index (χ0) is 17.4. The van der Waals surface area contributed by atoms with Crippen molar-refractivity contribution in [1.29, 1.82) is 0 Å². The van der Waals surface area contributed by atoms with Gasteiger partial charge in [-0.1, -0.05) is 31.5 Å². The molecule has 0 aromatic heterocycles. The van der Waals surface area contributed by atoms with Gasteiger partial charge in [-0.05, 0) is 44.6 Å². The second-order valence-electron chi connectivity index (χ2n) is 6.47. The first-order chi connectivity index (χ1) is 11.6. The van der Waals surface area contributed by atoms with Gasteiger partial charge in [-0.3, -0.25) is 0 Å². The standard InChI is InChI=1S/C19H30N2O3/c1-3-17(16-10-5-6-11-18(16)24-4-2)21-19(23)20-13-14-8-7-9-15(22)12-14/h5-6,10-11,14-15,17,22H,3-4,7-9,12-13H2,1-2H3,(H2,20,21,23). The maximum Gasteiger partial charge on any atom is 0.315 e. The molecular weight excluding hydrogens is 304 g/mol. The van der Waals surface area contributed by atoms with Crippen molar-refractivity contribution >= 4 is 6.03 Å². The van der Waals surface area contributed by atoms with E-state index in [1.165, 1.54) is 0 Å². The van der Waals surface area contributed by atoms with Gasteiger partial charge in [0.2, 0.25) is 0 Å². The number of aliphatic hydroxyl groups excluding tert-OH is 1. The summed E-state index contributed by atoms with van der Waals surface area (Å²) >= 11 is 0. The van der Waals surface area contributed by atoms with Crippen LogP contribution in [0.5, 0.6) is 5.75 Å². The summed E-state index contributed by atoms with van der Waals surface area (Å²) in [7, 11) is 0. The Balaban J connectivity index is 1.89. The van der Waals surface area contributed by atoms with Gasteiger partial charge in [0.15, 0.2) is 0 Å². The average molecular weight is 334 g/mol. The van der Waals surface area contributed by atoms with Crippen molar-refractivity contribution in [3.8, 4) is 5.75 Å². The van der Waals surface area contributed by atoms with E-state index in [-0.39, 0.29) is 18.2 Å². The Morgan fingerprint density at radius 1 is 1.33 bits per heavy atom. The molecule has 2 amide bonds. The summed E-state index contributed by atoms with van der Waals surface area (Å²) in [6, 6.07) is 7.60. The summed E-state index contributed by atoms with van der Waals surface area (Å²) in [6.07, 6.45) is 4.35. The number of para-hydroxylation sites is 1. The van der Waals surface area contributed by atoms with Crippen molar-refractivity contribution in [1.82, 2.24) is 10.6 Å². The highest BCUT2D eigenvalue weighted by molar-refractivity contribution is 5.74. The third-order valence-corrected chi connectivity index (χ3v) is 4.61. The molecule has 0 radical (unpaired) electrons. The summed E-state index contributed by atoms with van der Waals surface area (Å²) in [5.41, 5.74) is 1.00. The monoisotopic (exact) mass is 334 g/mol. The predicted molar refractivity (Wildman–Crippen MR) is 95.1 cm³/mol. The van der Waals surface area contributed by atoms with Gasteiger partial charge in [-0.25, -0.2) is 4.79 Å². The molecule has 0 heterocycles. The molecule has 5 nitrogen and oxygen atoms in total. The maximum atomic E-state index is 12.3. The topological polar surface area (TPSA) is 70.6 Å². The number of hydrogen-bond acceptors (Lipinski definition) is 3. The quantitative estimate of drug-likeness (QED) is 0.716. The molecule has 1 aromatic rings. The van der Waals surface area contributed by atoms with Crippen LogP contribution in [0.3, 0.4) is 0 Å². The fraction of sp³-hybridized carbons (Fsp3) is 0.632. The van der Waals surface area contributed by atoms with Crippen LogP contribution in [0.15, 0.2) is 24.3 Å². The van der Waals surface area contributed by atoms with Crippen LogP contribution in [0.4, 0.5) is 4.79 Å². The number of aliphatic hydroxyl groups is 1. The Morgan fingerprint density at radius 3 is 2.83 bits per heavy atom. The van der Waals surface area contributed by atoms with Crippen LogP contribution < -0.4 is 15.4 Å². The summed E-state index contributed by atoms with van der Waals surface area (Å²) in [5, 5.41) is 15.7. The highest BCUT2D eigenvalue weighted by atomic mass is 16.5. The number of hydrogen-bond donors (Lipinski definition) is 3. The zero-order valence-corrected chi connectivity index (χ0v) is 14.8. The number of amides is 2. The SMILES string of the molecule is CCOc1ccccc1C(CC)NC(=O)NCC1CCCC(O)C1. The molecule has 1 aliphatic rings. The molecule has 24 heavy (non-hydrogen) atoms. The molecule has 3 atom stereocenters. The lowest BCUT2D eigenvalue weighted by molar-refractivity contribution is 0.101. The van der Waals surface area contributed by atoms with Gasteiger partial charge >= 0.3 is 6.03 Å². The first kappa shape index (κ1) is 18.6. The second kappa shape index (κ2) is 9.52. The lowest BCUT2D eigenvalue weighted by Crippen LogP contribution is -2.41. The minimum atomic E-state index is -0.213. The zero-order valence-electron chi connectivity index (χ0n) is 14.8. The summed E-state index contributed by atoms with van der Waals surface area (Å²) in [5.74, 6) is 1.19. The van der Waals surface area contributed by atoms with Crippen LogP contribution in [-0.2, 0) is 0 Å². The first-order valence-electron chi connectivity index (χ1n) is 9.08. The van der Waals surface area contributed by atoms with E-state index >= 15 is 0 Å². The van der Waals surface area contributed by atoms with Crippen LogP contribution in [0.1, 0.15) is 57.6 Å². The van der Waals surface area contributed by atoms with Crippen LogP contribution in [-0.4, -0.2) is 30.4 Å². The van der Waals surface area contributed by atoms with E-state index in [2.05, 4.69) is 10.6 Å². The Labute approximate surface area is 144 Å². The van der Waals surface area contributed by atoms with Crippen LogP contribution >= 0.6 is 0 Å². The highest BCUT2D eigenvalue weighted by Crippen LogP contribution is 2.27. The van der Waals surface area contributed by atoms with Gasteiger partial charge in [0.25, 0.3) is 0 Å². The van der Waals surface area contributed by atoms with Gasteiger partial charge in [0, 0.05) is 12.1 Å². The lowest BCUT2D eigenvalue weighted by atomic mass is 9.87. The Bertz CT molecular complexity index is 521. The molecule has 1 aromatic carbocycles. The van der Waals surface area contributed by atoms with E-state index < -0.39 is 0 Å². The molecule has 0 saturated heterocycles. The molecule has 3 unspecified atom stereocenters. The highest BCUT2D eigenvalue weighted by Gasteiger charge is 2.21. The summed E-state index contributed by atoms with van der Waals surface area (Å²) in [4.78, 5) is 12.3. The van der Waals surface area contributed by atoms with Gasteiger partial charge in [-0.2, -0.15) is 0 Å². The number of ether oxygens (including phenoxy) is 1. The molecule has 134 valence electrons. The van der Waals surface area contributed by atoms with Crippen LogP contribution in [0, 0.1) is 5.92 Å². The van der Waals surface area contributed by atoms with Gasteiger partial charge in [0.05, 0.1) is 18.8 Å². The lowest BCUT2D eigenvalue weighted by Gasteiger charge is -2.26. The molecule has 5 heteroatoms. The van der Waals surface area contributed by atoms with Crippen molar-refractivity contribution in [3.05, 3.63) is 29.8 Å². The van der Waals surface area contributed by atoms with Crippen molar-refractivity contribution in [2.45, 2.75) is 58.1 Å². The summed E-state index contributed by atoms with van der Waals surface area (Å²) in [6.45, 7) is 5.22. The third-order valence-electron chi connectivity index (χ3n) is 4.61. The predicted octanol–water partition coefficient (Wildman–Crippen LogP) is 3.39. The largest absolute Gasteiger partial charge is 0.494 e. The van der Waals surface area contributed by atoms with E-state index in [1.54, 1.807) is 0 Å². The third kappa shape index (κ3) is 5.41. The minimum absolute atomic E-state index is 0.0790.